The topological polar surface area (TPSA) is 79.6 Å². The number of ether oxygens (including phenoxy) is 2. The lowest BCUT2D eigenvalue weighted by atomic mass is 10.1. The van der Waals surface area contributed by atoms with Crippen LogP contribution in [0.1, 0.15) is 12.5 Å². The minimum Gasteiger partial charge on any atom is -0.491 e. The van der Waals surface area contributed by atoms with Gasteiger partial charge >= 0.3 is 5.97 Å². The van der Waals surface area contributed by atoms with Gasteiger partial charge in [0.15, 0.2) is 0 Å². The second-order valence-corrected chi connectivity index (χ2v) is 3.50. The van der Waals surface area contributed by atoms with Crippen LogP contribution in [0.3, 0.4) is 0 Å². The molecule has 19 heavy (non-hydrogen) atoms. The first kappa shape index (κ1) is 14.7. The zero-order chi connectivity index (χ0) is 14.1. The number of rotatable bonds is 6. The number of para-hydroxylation sites is 1. The summed E-state index contributed by atoms with van der Waals surface area (Å²) in [6, 6.07) is 8.73. The highest BCUT2D eigenvalue weighted by Gasteiger charge is 2.11. The summed E-state index contributed by atoms with van der Waals surface area (Å²) in [5, 5.41) is 17.7. The Morgan fingerprint density at radius 1 is 1.47 bits per heavy atom. The number of hydrogen-bond acceptors (Lipinski definition) is 5. The molecule has 0 heterocycles. The van der Waals surface area contributed by atoms with Gasteiger partial charge < -0.3 is 14.6 Å². The van der Waals surface area contributed by atoms with Crippen molar-refractivity contribution < 1.29 is 19.4 Å². The average Bonchev–Trinajstić information content (AvgIpc) is 2.43. The maximum Gasteiger partial charge on any atom is 0.348 e. The Morgan fingerprint density at radius 2 is 2.21 bits per heavy atom. The lowest BCUT2D eigenvalue weighted by Crippen LogP contribution is -2.06. The number of carbonyl (C=O) groups is 1. The zero-order valence-electron chi connectivity index (χ0n) is 10.6. The van der Waals surface area contributed by atoms with E-state index in [1.165, 1.54) is 6.08 Å². The molecule has 1 aromatic carbocycles. The number of aliphatic hydroxyl groups excluding tert-OH is 1. The van der Waals surface area contributed by atoms with Crippen molar-refractivity contribution in [2.75, 3.05) is 19.8 Å². The predicted octanol–water partition coefficient (Wildman–Crippen LogP) is 1.53. The number of nitriles is 1. The number of nitrogens with zero attached hydrogens (tertiary/aromatic N) is 1. The van der Waals surface area contributed by atoms with Crippen LogP contribution in [0.5, 0.6) is 5.75 Å². The standard InChI is InChI=1S/C14H15NO4/c1-2-18-14(17)12(10-15)9-11-5-3-4-6-13(11)19-8-7-16/h3-6,9,16H,2,7-8H2,1H3. The van der Waals surface area contributed by atoms with Crippen molar-refractivity contribution in [1.29, 1.82) is 5.26 Å². The van der Waals surface area contributed by atoms with Gasteiger partial charge in [0, 0.05) is 5.56 Å². The van der Waals surface area contributed by atoms with Crippen molar-refractivity contribution in [1.82, 2.24) is 0 Å². The molecule has 0 spiro atoms. The van der Waals surface area contributed by atoms with E-state index in [1.807, 2.05) is 0 Å². The number of esters is 1. The summed E-state index contributed by atoms with van der Waals surface area (Å²) in [5.41, 5.74) is 0.488. The molecule has 1 aromatic rings. The van der Waals surface area contributed by atoms with Crippen LogP contribution in [-0.2, 0) is 9.53 Å². The van der Waals surface area contributed by atoms with Crippen molar-refractivity contribution in [2.45, 2.75) is 6.92 Å². The van der Waals surface area contributed by atoms with Gasteiger partial charge in [0.25, 0.3) is 0 Å². The number of hydrogen-bond donors (Lipinski definition) is 1. The first-order chi connectivity index (χ1) is 9.22. The van der Waals surface area contributed by atoms with Crippen LogP contribution in [0.2, 0.25) is 0 Å². The van der Waals surface area contributed by atoms with Gasteiger partial charge in [-0.2, -0.15) is 5.26 Å². The van der Waals surface area contributed by atoms with Crippen molar-refractivity contribution in [3.05, 3.63) is 35.4 Å². The van der Waals surface area contributed by atoms with E-state index >= 15 is 0 Å². The van der Waals surface area contributed by atoms with Crippen LogP contribution in [0.4, 0.5) is 0 Å². The van der Waals surface area contributed by atoms with Crippen molar-refractivity contribution in [3.8, 4) is 11.8 Å². The molecule has 0 amide bonds. The number of benzene rings is 1. The van der Waals surface area contributed by atoms with E-state index < -0.39 is 5.97 Å². The molecule has 1 N–H and O–H groups in total. The highest BCUT2D eigenvalue weighted by atomic mass is 16.5. The maximum atomic E-state index is 11.5. The molecular formula is C14H15NO4. The Balaban J connectivity index is 3.01. The summed E-state index contributed by atoms with van der Waals surface area (Å²) in [4.78, 5) is 11.5. The third-order valence-corrected chi connectivity index (χ3v) is 2.18. The van der Waals surface area contributed by atoms with Gasteiger partial charge in [0.1, 0.15) is 24.0 Å². The van der Waals surface area contributed by atoms with Gasteiger partial charge in [-0.1, -0.05) is 18.2 Å². The van der Waals surface area contributed by atoms with Gasteiger partial charge in [-0.3, -0.25) is 0 Å². The van der Waals surface area contributed by atoms with E-state index in [1.54, 1.807) is 37.3 Å². The van der Waals surface area contributed by atoms with E-state index in [0.29, 0.717) is 11.3 Å². The summed E-state index contributed by atoms with van der Waals surface area (Å²) < 4.78 is 10.1. The number of aliphatic hydroxyl groups is 1. The Kier molecular flexibility index (Phi) is 6.13. The van der Waals surface area contributed by atoms with Gasteiger partial charge in [-0.05, 0) is 19.1 Å². The second-order valence-electron chi connectivity index (χ2n) is 3.50. The Labute approximate surface area is 111 Å². The van der Waals surface area contributed by atoms with Crippen LogP contribution in [0, 0.1) is 11.3 Å². The molecule has 0 saturated carbocycles. The molecule has 0 bridgehead atoms. The van der Waals surface area contributed by atoms with Gasteiger partial charge in [-0.25, -0.2) is 4.79 Å². The van der Waals surface area contributed by atoms with Crippen LogP contribution in [0.25, 0.3) is 6.08 Å². The van der Waals surface area contributed by atoms with Crippen molar-refractivity contribution in [3.63, 3.8) is 0 Å². The third-order valence-electron chi connectivity index (χ3n) is 2.18. The summed E-state index contributed by atoms with van der Waals surface area (Å²) in [6.07, 6.45) is 1.41. The van der Waals surface area contributed by atoms with E-state index in [2.05, 4.69) is 0 Å². The fourth-order valence-corrected chi connectivity index (χ4v) is 1.39. The molecule has 0 aromatic heterocycles. The lowest BCUT2D eigenvalue weighted by molar-refractivity contribution is -0.137. The highest BCUT2D eigenvalue weighted by Crippen LogP contribution is 2.21. The molecule has 0 aliphatic heterocycles. The Morgan fingerprint density at radius 3 is 2.84 bits per heavy atom. The Hall–Kier alpha value is -2.32. The average molecular weight is 261 g/mol. The summed E-state index contributed by atoms with van der Waals surface area (Å²) in [5.74, 6) is -0.171. The molecule has 1 rings (SSSR count). The Bertz CT molecular complexity index is 502. The third kappa shape index (κ3) is 4.45. The van der Waals surface area contributed by atoms with Crippen LogP contribution in [-0.4, -0.2) is 30.9 Å². The van der Waals surface area contributed by atoms with E-state index in [4.69, 9.17) is 19.8 Å². The van der Waals surface area contributed by atoms with Gasteiger partial charge in [-0.15, -0.1) is 0 Å². The molecule has 0 unspecified atom stereocenters. The molecule has 0 radical (unpaired) electrons. The van der Waals surface area contributed by atoms with E-state index in [9.17, 15) is 4.79 Å². The van der Waals surface area contributed by atoms with Crippen LogP contribution >= 0.6 is 0 Å². The quantitative estimate of drug-likeness (QED) is 0.477. The van der Waals surface area contributed by atoms with Crippen LogP contribution < -0.4 is 4.74 Å². The first-order valence-electron chi connectivity index (χ1n) is 5.84. The lowest BCUT2D eigenvalue weighted by Gasteiger charge is -2.08. The predicted molar refractivity (Wildman–Crippen MR) is 69.2 cm³/mol. The molecule has 5 heteroatoms. The van der Waals surface area contributed by atoms with Crippen molar-refractivity contribution in [2.24, 2.45) is 0 Å². The van der Waals surface area contributed by atoms with Crippen molar-refractivity contribution >= 4 is 12.0 Å². The summed E-state index contributed by atoms with van der Waals surface area (Å²) >= 11 is 0. The van der Waals surface area contributed by atoms with Crippen LogP contribution in [0.15, 0.2) is 29.8 Å². The summed E-state index contributed by atoms with van der Waals surface area (Å²) in [6.45, 7) is 1.92. The molecule has 0 aliphatic carbocycles. The highest BCUT2D eigenvalue weighted by molar-refractivity contribution is 5.98. The largest absolute Gasteiger partial charge is 0.491 e. The normalized spacial score (nSPS) is 10.7. The zero-order valence-corrected chi connectivity index (χ0v) is 10.6. The van der Waals surface area contributed by atoms with Gasteiger partial charge in [0.2, 0.25) is 0 Å². The fraction of sp³-hybridized carbons (Fsp3) is 0.286. The van der Waals surface area contributed by atoms with E-state index in [0.717, 1.165) is 0 Å². The molecular weight excluding hydrogens is 246 g/mol. The molecule has 0 fully saturated rings. The fourth-order valence-electron chi connectivity index (χ4n) is 1.39. The molecule has 0 aliphatic rings. The summed E-state index contributed by atoms with van der Waals surface area (Å²) in [7, 11) is 0. The molecule has 5 nitrogen and oxygen atoms in total. The molecule has 0 atom stereocenters. The SMILES string of the molecule is CCOC(=O)C(C#N)=Cc1ccccc1OCCO. The molecule has 100 valence electrons. The minimum absolute atomic E-state index is 0.0955. The number of carbonyl (C=O) groups excluding carboxylic acids is 1. The minimum atomic E-state index is -0.665. The first-order valence-corrected chi connectivity index (χ1v) is 5.84. The smallest absolute Gasteiger partial charge is 0.348 e. The molecule has 0 saturated heterocycles. The maximum absolute atomic E-state index is 11.5. The second kappa shape index (κ2) is 7.90. The van der Waals surface area contributed by atoms with Gasteiger partial charge in [0.05, 0.1) is 13.2 Å². The van der Waals surface area contributed by atoms with E-state index in [-0.39, 0.29) is 25.4 Å². The monoisotopic (exact) mass is 261 g/mol.